The summed E-state index contributed by atoms with van der Waals surface area (Å²) in [6.07, 6.45) is -1.24. The fourth-order valence-electron chi connectivity index (χ4n) is 8.64. The molecule has 0 spiro atoms. The van der Waals surface area contributed by atoms with Gasteiger partial charge in [0.05, 0.1) is 25.4 Å². The minimum absolute atomic E-state index is 0.0161. The fraction of sp³-hybridized carbons (Fsp3) is 0.614. The SMILES string of the molecule is C[C@@H](O)[C@H](NC(=O)[C@@H]1CCCN1C(=O)[C@@H]1CCCN1C(=O)[C@@H]1CCCN1C(=O)[C@H](CO)NC(=O)[C@H](Cc1ccc(O)cc1)NC(=O)[C@H](CO)NC(=O)[C@H](CCC(N)=O)NC(=O)[C@@H](N)CCC(N)=O)C(=O)O. The van der Waals surface area contributed by atoms with Gasteiger partial charge in [-0.2, -0.15) is 0 Å². The predicted molar refractivity (Wildman–Crippen MR) is 244 cm³/mol. The van der Waals surface area contributed by atoms with Crippen molar-refractivity contribution in [2.24, 2.45) is 17.2 Å². The third kappa shape index (κ3) is 15.5. The predicted octanol–water partition coefficient (Wildman–Crippen LogP) is -6.36. The van der Waals surface area contributed by atoms with E-state index < -0.39 is 145 Å². The summed E-state index contributed by atoms with van der Waals surface area (Å²) in [6.45, 7) is -0.554. The van der Waals surface area contributed by atoms with Crippen LogP contribution in [-0.4, -0.2) is 199 Å². The molecule has 71 heavy (non-hydrogen) atoms. The van der Waals surface area contributed by atoms with E-state index in [1.54, 1.807) is 0 Å². The number of rotatable bonds is 25. The van der Waals surface area contributed by atoms with Crippen LogP contribution in [0.2, 0.25) is 0 Å². The van der Waals surface area contributed by atoms with Gasteiger partial charge in [0, 0.05) is 38.9 Å². The zero-order valence-electron chi connectivity index (χ0n) is 39.2. The number of aromatic hydroxyl groups is 1. The van der Waals surface area contributed by atoms with Gasteiger partial charge in [-0.1, -0.05) is 12.1 Å². The number of hydrogen-bond donors (Lipinski definition) is 13. The van der Waals surface area contributed by atoms with Crippen molar-refractivity contribution in [3.63, 3.8) is 0 Å². The number of phenolic OH excluding ortho intramolecular Hbond substituents is 1. The first-order chi connectivity index (χ1) is 33.6. The first kappa shape index (κ1) is 56.6. The van der Waals surface area contributed by atoms with Gasteiger partial charge in [-0.25, -0.2) is 4.79 Å². The van der Waals surface area contributed by atoms with Crippen LogP contribution >= 0.6 is 0 Å². The van der Waals surface area contributed by atoms with Gasteiger partial charge >= 0.3 is 5.97 Å². The number of aliphatic hydroxyl groups excluding tert-OH is 3. The first-order valence-corrected chi connectivity index (χ1v) is 23.2. The van der Waals surface area contributed by atoms with Gasteiger partial charge in [-0.05, 0) is 76.0 Å². The average molecular weight is 1000 g/mol. The molecule has 27 nitrogen and oxygen atoms in total. The number of aliphatic hydroxyl groups is 3. The quantitative estimate of drug-likeness (QED) is 0.0433. The van der Waals surface area contributed by atoms with E-state index in [1.807, 2.05) is 0 Å². The number of carboxylic acids is 1. The second-order valence-corrected chi connectivity index (χ2v) is 17.7. The van der Waals surface area contributed by atoms with Crippen molar-refractivity contribution < 1.29 is 78.3 Å². The van der Waals surface area contributed by atoms with Crippen LogP contribution in [0.1, 0.15) is 76.7 Å². The number of phenols is 1. The largest absolute Gasteiger partial charge is 0.508 e. The fourth-order valence-corrected chi connectivity index (χ4v) is 8.64. The van der Waals surface area contributed by atoms with Crippen LogP contribution in [0.3, 0.4) is 0 Å². The molecule has 4 rings (SSSR count). The molecular weight excluding hydrogens is 939 g/mol. The first-order valence-electron chi connectivity index (χ1n) is 23.2. The Morgan fingerprint density at radius 3 is 1.61 bits per heavy atom. The smallest absolute Gasteiger partial charge is 0.328 e. The molecule has 27 heteroatoms. The van der Waals surface area contributed by atoms with Gasteiger partial charge in [-0.15, -0.1) is 0 Å². The van der Waals surface area contributed by atoms with Crippen molar-refractivity contribution in [1.82, 2.24) is 41.3 Å². The van der Waals surface area contributed by atoms with Crippen LogP contribution in [-0.2, 0) is 59.2 Å². The van der Waals surface area contributed by atoms with E-state index in [4.69, 9.17) is 17.2 Å². The number of primary amides is 2. The molecule has 1 aromatic rings. The van der Waals surface area contributed by atoms with E-state index in [0.717, 1.165) is 0 Å². The van der Waals surface area contributed by atoms with E-state index >= 15 is 0 Å². The Morgan fingerprint density at radius 2 is 1.07 bits per heavy atom. The Bertz CT molecular complexity index is 2140. The van der Waals surface area contributed by atoms with Crippen molar-refractivity contribution >= 4 is 65.0 Å². The highest BCUT2D eigenvalue weighted by Gasteiger charge is 2.47. The van der Waals surface area contributed by atoms with Crippen LogP contribution in [0, 0.1) is 0 Å². The van der Waals surface area contributed by atoms with Gasteiger partial charge < -0.3 is 84.0 Å². The third-order valence-electron chi connectivity index (χ3n) is 12.5. The number of aliphatic carboxylic acids is 1. The van der Waals surface area contributed by atoms with Crippen molar-refractivity contribution in [1.29, 1.82) is 0 Å². The number of likely N-dealkylation sites (tertiary alicyclic amines) is 3. The third-order valence-corrected chi connectivity index (χ3v) is 12.5. The second-order valence-electron chi connectivity index (χ2n) is 17.7. The second kappa shape index (κ2) is 26.3. The van der Waals surface area contributed by atoms with Crippen LogP contribution in [0.25, 0.3) is 0 Å². The van der Waals surface area contributed by atoms with Gasteiger partial charge in [0.25, 0.3) is 0 Å². The zero-order chi connectivity index (χ0) is 52.7. The number of nitrogens with zero attached hydrogens (tertiary/aromatic N) is 3. The maximum atomic E-state index is 14.3. The highest BCUT2D eigenvalue weighted by molar-refractivity contribution is 5.99. The summed E-state index contributed by atoms with van der Waals surface area (Å²) in [5, 5.41) is 61.5. The molecule has 392 valence electrons. The molecule has 10 amide bonds. The summed E-state index contributed by atoms with van der Waals surface area (Å²) >= 11 is 0. The van der Waals surface area contributed by atoms with E-state index in [-0.39, 0.29) is 70.3 Å². The van der Waals surface area contributed by atoms with Crippen LogP contribution in [0.4, 0.5) is 0 Å². The van der Waals surface area contributed by atoms with Gasteiger partial charge in [0.1, 0.15) is 48.0 Å². The van der Waals surface area contributed by atoms with Gasteiger partial charge in [0.15, 0.2) is 6.04 Å². The number of nitrogens with one attached hydrogen (secondary N) is 5. The van der Waals surface area contributed by atoms with E-state index in [2.05, 4.69) is 26.6 Å². The molecule has 0 aromatic heterocycles. The summed E-state index contributed by atoms with van der Waals surface area (Å²) in [5.74, 6) is -10.2. The standard InChI is InChI=1S/C44H65N11O16/c1-22(58)35(44(70)71)52-40(66)30-5-2-16-53(30)42(68)32-7-4-18-55(32)43(69)31-6-3-17-54(31)41(67)29(21-57)51-38(64)27(19-23-8-10-24(59)11-9-23)49-39(65)28(20-56)50-37(63)26(13-15-34(47)61)48-36(62)25(45)12-14-33(46)60/h8-11,22,25-32,35,56-59H,2-7,12-21,45H2,1H3,(H2,46,60)(H2,47,61)(H,48,62)(H,49,65)(H,50,63)(H,51,64)(H,52,66)(H,70,71)/t22-,25+,26+,27+,28+,29+,30+,31+,32+,35+/m1/s1. The van der Waals surface area contributed by atoms with E-state index in [9.17, 15) is 78.3 Å². The average Bonchev–Trinajstić information content (AvgIpc) is 4.14. The lowest BCUT2D eigenvalue weighted by Crippen LogP contribution is -2.61. The molecular formula is C44H65N11O16. The Morgan fingerprint density at radius 1 is 0.620 bits per heavy atom. The number of carbonyl (C=O) groups excluding carboxylic acids is 10. The molecule has 0 saturated carbocycles. The Balaban J connectivity index is 1.48. The number of hydrogen-bond acceptors (Lipinski definition) is 16. The number of amides is 10. The highest BCUT2D eigenvalue weighted by Crippen LogP contribution is 2.29. The number of carbonyl (C=O) groups is 11. The van der Waals surface area contributed by atoms with E-state index in [1.165, 1.54) is 45.9 Å². The molecule has 3 fully saturated rings. The van der Waals surface area contributed by atoms with Crippen LogP contribution in [0.15, 0.2) is 24.3 Å². The summed E-state index contributed by atoms with van der Waals surface area (Å²) in [6, 6.07) is -7.34. The van der Waals surface area contributed by atoms with Crippen molar-refractivity contribution in [3.8, 4) is 5.75 Å². The van der Waals surface area contributed by atoms with E-state index in [0.29, 0.717) is 24.8 Å². The summed E-state index contributed by atoms with van der Waals surface area (Å²) in [4.78, 5) is 148. The molecule has 3 aliphatic heterocycles. The maximum absolute atomic E-state index is 14.3. The molecule has 3 saturated heterocycles. The lowest BCUT2D eigenvalue weighted by molar-refractivity contribution is -0.152. The maximum Gasteiger partial charge on any atom is 0.328 e. The Hall–Kier alpha value is -6.97. The molecule has 0 unspecified atom stereocenters. The molecule has 3 aliphatic rings. The Kier molecular flexibility index (Phi) is 21.0. The lowest BCUT2D eigenvalue weighted by Gasteiger charge is -2.35. The number of benzene rings is 1. The van der Waals surface area contributed by atoms with Crippen LogP contribution in [0.5, 0.6) is 5.75 Å². The number of nitrogens with two attached hydrogens (primary N) is 3. The Labute approximate surface area is 407 Å². The summed E-state index contributed by atoms with van der Waals surface area (Å²) in [7, 11) is 0. The lowest BCUT2D eigenvalue weighted by atomic mass is 10.0. The van der Waals surface area contributed by atoms with Crippen molar-refractivity contribution in [3.05, 3.63) is 29.8 Å². The minimum Gasteiger partial charge on any atom is -0.508 e. The molecule has 16 N–H and O–H groups in total. The molecule has 0 bridgehead atoms. The number of carboxylic acid groups (broad SMARTS) is 1. The highest BCUT2D eigenvalue weighted by atomic mass is 16.4. The zero-order valence-corrected chi connectivity index (χ0v) is 39.2. The molecule has 1 aromatic carbocycles. The summed E-state index contributed by atoms with van der Waals surface area (Å²) < 4.78 is 0. The van der Waals surface area contributed by atoms with Crippen molar-refractivity contribution in [2.75, 3.05) is 32.8 Å². The van der Waals surface area contributed by atoms with Gasteiger partial charge in [-0.3, -0.25) is 47.9 Å². The summed E-state index contributed by atoms with van der Waals surface area (Å²) in [5.41, 5.74) is 16.5. The topological polar surface area (TPSA) is 437 Å². The molecule has 0 radical (unpaired) electrons. The minimum atomic E-state index is -1.80. The molecule has 10 atom stereocenters. The molecule has 3 heterocycles. The van der Waals surface area contributed by atoms with Gasteiger partial charge in [0.2, 0.25) is 59.1 Å². The molecule has 0 aliphatic carbocycles. The van der Waals surface area contributed by atoms with Crippen LogP contribution < -0.4 is 43.8 Å². The monoisotopic (exact) mass is 1000 g/mol. The normalized spacial score (nSPS) is 20.6. The van der Waals surface area contributed by atoms with Crippen molar-refractivity contribution in [2.45, 2.75) is 138 Å².